The third-order valence-corrected chi connectivity index (χ3v) is 9.48. The minimum absolute atomic E-state index is 0.0143. The monoisotopic (exact) mass is 712 g/mol. The summed E-state index contributed by atoms with van der Waals surface area (Å²) in [4.78, 5) is 28.4. The summed E-state index contributed by atoms with van der Waals surface area (Å²) in [7, 11) is -3.91. The molecule has 4 N–H and O–H groups in total. The number of thiazole rings is 1. The number of nitrogens with one attached hydrogen (secondary N) is 1. The number of nitrogens with two attached hydrogens (primary N) is 1. The van der Waals surface area contributed by atoms with Gasteiger partial charge in [0.15, 0.2) is 0 Å². The summed E-state index contributed by atoms with van der Waals surface area (Å²) in [6.45, 7) is 0.620. The summed E-state index contributed by atoms with van der Waals surface area (Å²) < 4.78 is 58.5. The topological polar surface area (TPSA) is 207 Å². The molecule has 4 rings (SSSR count). The van der Waals surface area contributed by atoms with Crippen LogP contribution in [0.4, 0.5) is 4.39 Å². The maximum absolute atomic E-state index is 12.6. The van der Waals surface area contributed by atoms with Crippen molar-refractivity contribution in [3.63, 3.8) is 0 Å². The van der Waals surface area contributed by atoms with E-state index in [0.717, 1.165) is 16.9 Å². The fraction of sp³-hybridized carbons (Fsp3) is 0.393. The largest absolute Gasteiger partial charge is 0.491 e. The lowest BCUT2D eigenvalue weighted by molar-refractivity contribution is -0.141. The second-order valence-electron chi connectivity index (χ2n) is 9.73. The Balaban J connectivity index is 1.18. The molecule has 0 aliphatic carbocycles. The normalized spacial score (nSPS) is 12.2. The molecule has 0 aliphatic heterocycles. The van der Waals surface area contributed by atoms with Crippen LogP contribution in [0.1, 0.15) is 11.3 Å². The van der Waals surface area contributed by atoms with Gasteiger partial charge in [-0.05, 0) is 35.9 Å². The molecule has 254 valence electrons. The number of rotatable bonds is 21. The van der Waals surface area contributed by atoms with Crippen LogP contribution in [0, 0.1) is 0 Å². The number of primary sulfonamides is 1. The Morgan fingerprint density at radius 2 is 1.83 bits per heavy atom. The molecule has 0 bridgehead atoms. The Kier molecular flexibility index (Phi) is 13.7. The van der Waals surface area contributed by atoms with Gasteiger partial charge in [0.2, 0.25) is 10.2 Å². The van der Waals surface area contributed by atoms with Crippen LogP contribution in [0.3, 0.4) is 0 Å². The molecule has 0 unspecified atom stereocenters. The SMILES string of the molecule is NS(=O)(=O)c1nc2ccc(OCc3cn(CC(=O)N[C@H](CSCc4cccc(OCCOCCOCCF)c4)C(=O)O)nn3)cc2s1. The molecule has 0 fully saturated rings. The molecule has 2 heterocycles. The van der Waals surface area contributed by atoms with Crippen molar-refractivity contribution in [3.05, 3.63) is 59.9 Å². The van der Waals surface area contributed by atoms with E-state index in [1.54, 1.807) is 24.3 Å². The van der Waals surface area contributed by atoms with Crippen LogP contribution in [0.15, 0.2) is 53.0 Å². The first-order valence-corrected chi connectivity index (χ1v) is 17.6. The van der Waals surface area contributed by atoms with Gasteiger partial charge in [0, 0.05) is 11.5 Å². The lowest BCUT2D eigenvalue weighted by atomic mass is 10.2. The number of nitrogens with zero attached hydrogens (tertiary/aromatic N) is 4. The number of carboxylic acids is 1. The van der Waals surface area contributed by atoms with E-state index in [4.69, 9.17) is 24.1 Å². The lowest BCUT2D eigenvalue weighted by Gasteiger charge is -2.14. The number of thioether (sulfide) groups is 1. The average Bonchev–Trinajstić information content (AvgIpc) is 3.67. The van der Waals surface area contributed by atoms with Gasteiger partial charge in [-0.2, -0.15) is 11.8 Å². The minimum atomic E-state index is -3.91. The summed E-state index contributed by atoms with van der Waals surface area (Å²) in [5.41, 5.74) is 1.80. The van der Waals surface area contributed by atoms with Crippen molar-refractivity contribution in [3.8, 4) is 11.5 Å². The van der Waals surface area contributed by atoms with E-state index in [9.17, 15) is 27.5 Å². The molecule has 2 aromatic heterocycles. The van der Waals surface area contributed by atoms with Crippen molar-refractivity contribution >= 4 is 55.2 Å². The maximum Gasteiger partial charge on any atom is 0.327 e. The van der Waals surface area contributed by atoms with E-state index < -0.39 is 34.6 Å². The minimum Gasteiger partial charge on any atom is -0.491 e. The number of carboxylic acid groups (broad SMARTS) is 1. The van der Waals surface area contributed by atoms with Gasteiger partial charge in [-0.1, -0.05) is 17.3 Å². The van der Waals surface area contributed by atoms with Crippen molar-refractivity contribution in [2.75, 3.05) is 45.5 Å². The summed E-state index contributed by atoms with van der Waals surface area (Å²) in [5.74, 6) is -0.0165. The second kappa shape index (κ2) is 17.9. The van der Waals surface area contributed by atoms with Gasteiger partial charge in [-0.3, -0.25) is 4.79 Å². The van der Waals surface area contributed by atoms with Gasteiger partial charge >= 0.3 is 5.97 Å². The molecule has 0 radical (unpaired) electrons. The Hall–Kier alpha value is -3.88. The number of carbonyl (C=O) groups is 2. The van der Waals surface area contributed by atoms with Crippen LogP contribution in [0.5, 0.6) is 11.5 Å². The van der Waals surface area contributed by atoms with E-state index in [1.165, 1.54) is 22.6 Å². The molecular formula is C28H33FN6O9S3. The van der Waals surface area contributed by atoms with Crippen LogP contribution in [-0.4, -0.2) is 96.9 Å². The molecule has 0 saturated carbocycles. The van der Waals surface area contributed by atoms with Gasteiger partial charge in [0.1, 0.15) is 49.7 Å². The molecule has 4 aromatic rings. The van der Waals surface area contributed by atoms with Crippen LogP contribution in [0.25, 0.3) is 10.2 Å². The van der Waals surface area contributed by atoms with Crippen molar-refractivity contribution in [2.24, 2.45) is 5.14 Å². The van der Waals surface area contributed by atoms with Crippen molar-refractivity contribution in [2.45, 2.75) is 29.3 Å². The van der Waals surface area contributed by atoms with Gasteiger partial charge < -0.3 is 29.4 Å². The first-order chi connectivity index (χ1) is 22.6. The second-order valence-corrected chi connectivity index (χ2v) is 13.5. The smallest absolute Gasteiger partial charge is 0.327 e. The summed E-state index contributed by atoms with van der Waals surface area (Å²) in [5, 5.41) is 25.2. The van der Waals surface area contributed by atoms with Crippen LogP contribution >= 0.6 is 23.1 Å². The number of hydrogen-bond acceptors (Lipinski definition) is 13. The van der Waals surface area contributed by atoms with E-state index in [2.05, 4.69) is 20.6 Å². The molecule has 2 aromatic carbocycles. The number of hydrogen-bond donors (Lipinski definition) is 3. The number of aliphatic carboxylic acids is 1. The highest BCUT2D eigenvalue weighted by Crippen LogP contribution is 2.28. The fourth-order valence-corrected chi connectivity index (χ4v) is 6.59. The molecule has 1 amide bonds. The first kappa shape index (κ1) is 36.0. The third-order valence-electron chi connectivity index (χ3n) is 6.04. The number of ether oxygens (including phenoxy) is 4. The predicted molar refractivity (Wildman–Crippen MR) is 171 cm³/mol. The zero-order valence-electron chi connectivity index (χ0n) is 24.9. The molecule has 19 heteroatoms. The first-order valence-electron chi connectivity index (χ1n) is 14.1. The number of halogens is 1. The summed E-state index contributed by atoms with van der Waals surface area (Å²) in [6, 6.07) is 11.1. The van der Waals surface area contributed by atoms with Crippen LogP contribution in [-0.2, 0) is 48.0 Å². The van der Waals surface area contributed by atoms with Crippen LogP contribution in [0.2, 0.25) is 0 Å². The predicted octanol–water partition coefficient (Wildman–Crippen LogP) is 2.00. The van der Waals surface area contributed by atoms with Gasteiger partial charge in [-0.15, -0.1) is 16.4 Å². The highest BCUT2D eigenvalue weighted by molar-refractivity contribution is 7.98. The highest BCUT2D eigenvalue weighted by Gasteiger charge is 2.21. The zero-order chi connectivity index (χ0) is 33.6. The Bertz CT molecular complexity index is 1740. The summed E-state index contributed by atoms with van der Waals surface area (Å²) in [6.07, 6.45) is 1.50. The molecule has 0 saturated heterocycles. The van der Waals surface area contributed by atoms with Crippen LogP contribution < -0.4 is 19.9 Å². The summed E-state index contributed by atoms with van der Waals surface area (Å²) >= 11 is 2.27. The Morgan fingerprint density at radius 3 is 2.60 bits per heavy atom. The Morgan fingerprint density at radius 1 is 1.06 bits per heavy atom. The molecule has 0 spiro atoms. The molecule has 1 atom stereocenters. The highest BCUT2D eigenvalue weighted by atomic mass is 32.2. The number of benzene rings is 2. The number of carbonyl (C=O) groups excluding carboxylic acids is 1. The molecular weight excluding hydrogens is 680 g/mol. The lowest BCUT2D eigenvalue weighted by Crippen LogP contribution is -2.44. The number of amides is 1. The number of alkyl halides is 1. The van der Waals surface area contributed by atoms with E-state index in [-0.39, 0.29) is 29.9 Å². The van der Waals surface area contributed by atoms with E-state index in [1.807, 2.05) is 18.2 Å². The zero-order valence-corrected chi connectivity index (χ0v) is 27.4. The number of sulfonamides is 1. The maximum atomic E-state index is 12.6. The van der Waals surface area contributed by atoms with Gasteiger partial charge in [0.25, 0.3) is 10.0 Å². The number of fused-ring (bicyclic) bond motifs is 1. The third kappa shape index (κ3) is 12.0. The fourth-order valence-electron chi connectivity index (χ4n) is 3.91. The van der Waals surface area contributed by atoms with Crippen molar-refractivity contribution < 1.29 is 46.5 Å². The molecule has 47 heavy (non-hydrogen) atoms. The number of aromatic nitrogens is 4. The molecule has 0 aliphatic rings. The van der Waals surface area contributed by atoms with Gasteiger partial charge in [0.05, 0.1) is 42.8 Å². The van der Waals surface area contributed by atoms with E-state index in [0.29, 0.717) is 59.6 Å². The van der Waals surface area contributed by atoms with Crippen molar-refractivity contribution in [1.29, 1.82) is 0 Å². The van der Waals surface area contributed by atoms with Gasteiger partial charge in [-0.25, -0.2) is 32.4 Å². The Labute approximate surface area is 277 Å². The van der Waals surface area contributed by atoms with Crippen molar-refractivity contribution in [1.82, 2.24) is 25.3 Å². The molecule has 15 nitrogen and oxygen atoms in total. The van der Waals surface area contributed by atoms with E-state index >= 15 is 0 Å². The average molecular weight is 713 g/mol. The standard InChI is InChI=1S/C28H33FN6O9S3/c29-6-7-41-8-9-42-10-11-43-21-3-1-2-19(12-21)17-45-18-24(27(37)38)31-26(36)15-35-14-20(33-34-35)16-44-22-4-5-23-25(13-22)46-28(32-23)47(30,39)40/h1-5,12-14,24H,6-11,15-18H2,(H,31,36)(H,37,38)(H2,30,39,40)/t24-/m1/s1. The quantitative estimate of drug-likeness (QED) is 0.106.